The predicted molar refractivity (Wildman–Crippen MR) is 126 cm³/mol. The van der Waals surface area contributed by atoms with Gasteiger partial charge >= 0.3 is 0 Å². The van der Waals surface area contributed by atoms with Crippen molar-refractivity contribution in [2.45, 2.75) is 53.1 Å². The van der Waals surface area contributed by atoms with E-state index in [-0.39, 0.29) is 12.0 Å². The number of pyridine rings is 1. The van der Waals surface area contributed by atoms with Crippen LogP contribution in [0.25, 0.3) is 0 Å². The van der Waals surface area contributed by atoms with E-state index in [1.54, 1.807) is 6.07 Å². The maximum atomic E-state index is 11.7. The molecule has 1 aromatic carbocycles. The molecule has 2 N–H and O–H groups in total. The fraction of sp³-hybridized carbons (Fsp3) is 0.480. The highest BCUT2D eigenvalue weighted by molar-refractivity contribution is 6.04. The van der Waals surface area contributed by atoms with Crippen LogP contribution in [0.4, 0.5) is 11.5 Å². The Morgan fingerprint density at radius 1 is 1.23 bits per heavy atom. The van der Waals surface area contributed by atoms with Crippen LogP contribution in [0.3, 0.4) is 0 Å². The van der Waals surface area contributed by atoms with E-state index in [2.05, 4.69) is 44.7 Å². The Bertz CT molecular complexity index is 918. The van der Waals surface area contributed by atoms with Gasteiger partial charge in [0, 0.05) is 42.9 Å². The van der Waals surface area contributed by atoms with E-state index in [0.29, 0.717) is 12.2 Å². The number of amides is 1. The number of aromatic nitrogens is 1. The van der Waals surface area contributed by atoms with Gasteiger partial charge in [-0.25, -0.2) is 4.98 Å². The molecule has 0 saturated heterocycles. The first-order valence-corrected chi connectivity index (χ1v) is 11.3. The van der Waals surface area contributed by atoms with Crippen molar-refractivity contribution in [3.63, 3.8) is 0 Å². The fourth-order valence-electron chi connectivity index (χ4n) is 4.02. The van der Waals surface area contributed by atoms with Crippen molar-refractivity contribution in [2.75, 3.05) is 24.6 Å². The molecule has 1 unspecified atom stereocenters. The van der Waals surface area contributed by atoms with Crippen LogP contribution < -0.4 is 10.6 Å². The molecule has 0 radical (unpaired) electrons. The van der Waals surface area contributed by atoms with Crippen LogP contribution in [0.2, 0.25) is 0 Å². The van der Waals surface area contributed by atoms with Crippen molar-refractivity contribution in [1.29, 1.82) is 0 Å². The van der Waals surface area contributed by atoms with Crippen molar-refractivity contribution in [2.24, 2.45) is 16.6 Å². The van der Waals surface area contributed by atoms with Gasteiger partial charge in [0.2, 0.25) is 5.91 Å². The van der Waals surface area contributed by atoms with E-state index >= 15 is 0 Å². The van der Waals surface area contributed by atoms with Gasteiger partial charge in [0.25, 0.3) is 0 Å². The number of fused-ring (bicyclic) bond motifs is 1. The van der Waals surface area contributed by atoms with E-state index in [1.165, 1.54) is 0 Å². The summed E-state index contributed by atoms with van der Waals surface area (Å²) < 4.78 is 5.84. The molecule has 0 fully saturated rings. The van der Waals surface area contributed by atoms with E-state index in [9.17, 15) is 4.79 Å². The number of nitrogens with two attached hydrogens (primary N) is 1. The van der Waals surface area contributed by atoms with Gasteiger partial charge in [0.15, 0.2) is 0 Å². The molecule has 6 heteroatoms. The van der Waals surface area contributed by atoms with E-state index < -0.39 is 5.91 Å². The minimum absolute atomic E-state index is 0.205. The van der Waals surface area contributed by atoms with E-state index in [4.69, 9.17) is 20.4 Å². The smallest absolute Gasteiger partial charge is 0.248 e. The second-order valence-electron chi connectivity index (χ2n) is 8.23. The number of aliphatic imine (C=N–C) groups is 1. The molecule has 6 nitrogen and oxygen atoms in total. The van der Waals surface area contributed by atoms with Crippen LogP contribution in [-0.4, -0.2) is 42.4 Å². The van der Waals surface area contributed by atoms with Crippen LogP contribution in [0.1, 0.15) is 62.0 Å². The maximum Gasteiger partial charge on any atom is 0.248 e. The van der Waals surface area contributed by atoms with Gasteiger partial charge in [-0.2, -0.15) is 0 Å². The summed E-state index contributed by atoms with van der Waals surface area (Å²) in [4.78, 5) is 23.7. The minimum Gasteiger partial charge on any atom is -0.379 e. The average molecular weight is 423 g/mol. The lowest BCUT2D eigenvalue weighted by molar-refractivity contribution is 0.0722. The number of primary amides is 1. The van der Waals surface area contributed by atoms with Gasteiger partial charge in [-0.3, -0.25) is 9.79 Å². The summed E-state index contributed by atoms with van der Waals surface area (Å²) in [6.45, 7) is 10.9. The monoisotopic (exact) mass is 422 g/mol. The molecule has 1 atom stereocenters. The molecule has 2 heterocycles. The molecule has 0 spiro atoms. The number of carbonyl (C=O) groups excluding carboxylic acids is 1. The lowest BCUT2D eigenvalue weighted by Gasteiger charge is -2.21. The maximum absolute atomic E-state index is 11.7. The van der Waals surface area contributed by atoms with Crippen LogP contribution >= 0.6 is 0 Å². The number of hydrogen-bond donors (Lipinski definition) is 1. The van der Waals surface area contributed by atoms with E-state index in [1.807, 2.05) is 18.3 Å². The summed E-state index contributed by atoms with van der Waals surface area (Å²) in [6.07, 6.45) is 4.90. The highest BCUT2D eigenvalue weighted by atomic mass is 16.5. The zero-order chi connectivity index (χ0) is 22.4. The molecular weight excluding hydrogens is 388 g/mol. The van der Waals surface area contributed by atoms with Gasteiger partial charge in [0.1, 0.15) is 5.82 Å². The Morgan fingerprint density at radius 3 is 2.61 bits per heavy atom. The number of nitrogens with zero attached hydrogens (tertiary/aromatic N) is 3. The molecule has 0 aliphatic carbocycles. The Labute approximate surface area is 185 Å². The first-order chi connectivity index (χ1) is 14.9. The number of carbonyl (C=O) groups is 1. The molecular formula is C25H34N4O2. The Kier molecular flexibility index (Phi) is 7.80. The topological polar surface area (TPSA) is 80.8 Å². The Morgan fingerprint density at radius 2 is 2.00 bits per heavy atom. The molecule has 2 aromatic rings. The van der Waals surface area contributed by atoms with Crippen molar-refractivity contribution in [3.8, 4) is 0 Å². The predicted octanol–water partition coefficient (Wildman–Crippen LogP) is 4.53. The molecule has 3 rings (SSSR count). The first-order valence-electron chi connectivity index (χ1n) is 11.3. The summed E-state index contributed by atoms with van der Waals surface area (Å²) in [5, 5.41) is 0. The van der Waals surface area contributed by atoms with Crippen molar-refractivity contribution < 1.29 is 9.53 Å². The lowest BCUT2D eigenvalue weighted by atomic mass is 9.90. The molecule has 1 aromatic heterocycles. The SMILES string of the molecule is CCN(CC)c1ccc(C2=Nc3cc(C(N)=O)ccc3CCC2CCOC(C)C)cn1. The molecule has 0 bridgehead atoms. The molecule has 166 valence electrons. The number of anilines is 1. The zero-order valence-electron chi connectivity index (χ0n) is 19.1. The summed E-state index contributed by atoms with van der Waals surface area (Å²) in [6, 6.07) is 9.75. The standard InChI is InChI=1S/C25H34N4O2/c1-5-29(6-2)23-12-11-21(16-27-23)24-19(13-14-31-17(3)4)9-7-18-8-10-20(25(26)30)15-22(18)28-24/h8,10-12,15-17,19H,5-7,9,13-14H2,1-4H3,(H2,26,30). The summed E-state index contributed by atoms with van der Waals surface area (Å²) >= 11 is 0. The lowest BCUT2D eigenvalue weighted by Crippen LogP contribution is -2.23. The molecule has 1 aliphatic heterocycles. The van der Waals surface area contributed by atoms with E-state index in [0.717, 1.165) is 60.7 Å². The second kappa shape index (κ2) is 10.5. The van der Waals surface area contributed by atoms with Gasteiger partial charge in [-0.05, 0) is 76.8 Å². The van der Waals surface area contributed by atoms with Crippen molar-refractivity contribution in [3.05, 3.63) is 53.2 Å². The van der Waals surface area contributed by atoms with Gasteiger partial charge in [-0.15, -0.1) is 0 Å². The van der Waals surface area contributed by atoms with Gasteiger partial charge in [0.05, 0.1) is 17.5 Å². The minimum atomic E-state index is -0.434. The molecule has 1 amide bonds. The molecule has 0 saturated carbocycles. The summed E-state index contributed by atoms with van der Waals surface area (Å²) in [5.74, 6) is 0.791. The van der Waals surface area contributed by atoms with Gasteiger partial charge < -0.3 is 15.4 Å². The van der Waals surface area contributed by atoms with Gasteiger partial charge in [-0.1, -0.05) is 6.07 Å². The zero-order valence-corrected chi connectivity index (χ0v) is 19.1. The third kappa shape index (κ3) is 5.70. The highest BCUT2D eigenvalue weighted by Crippen LogP contribution is 2.32. The Balaban J connectivity index is 1.98. The largest absolute Gasteiger partial charge is 0.379 e. The Hall–Kier alpha value is -2.73. The normalized spacial score (nSPS) is 15.9. The average Bonchev–Trinajstić information content (AvgIpc) is 2.94. The number of hydrogen-bond acceptors (Lipinski definition) is 5. The number of benzene rings is 1. The first kappa shape index (κ1) is 22.9. The van der Waals surface area contributed by atoms with Crippen LogP contribution in [-0.2, 0) is 11.2 Å². The number of ether oxygens (including phenoxy) is 1. The van der Waals surface area contributed by atoms with Crippen molar-refractivity contribution in [1.82, 2.24) is 4.98 Å². The fourth-order valence-corrected chi connectivity index (χ4v) is 4.02. The second-order valence-corrected chi connectivity index (χ2v) is 8.23. The number of aryl methyl sites for hydroxylation is 1. The summed E-state index contributed by atoms with van der Waals surface area (Å²) in [7, 11) is 0. The van der Waals surface area contributed by atoms with Crippen LogP contribution in [0.15, 0.2) is 41.5 Å². The van der Waals surface area contributed by atoms with Crippen LogP contribution in [0.5, 0.6) is 0 Å². The third-order valence-electron chi connectivity index (χ3n) is 5.81. The molecule has 1 aliphatic rings. The molecule has 31 heavy (non-hydrogen) atoms. The van der Waals surface area contributed by atoms with Crippen LogP contribution in [0, 0.1) is 5.92 Å². The summed E-state index contributed by atoms with van der Waals surface area (Å²) in [5.41, 5.74) is 9.98. The quantitative estimate of drug-likeness (QED) is 0.644. The highest BCUT2D eigenvalue weighted by Gasteiger charge is 2.23. The number of rotatable bonds is 9. The van der Waals surface area contributed by atoms with Crippen molar-refractivity contribution >= 4 is 23.1 Å². The third-order valence-corrected chi connectivity index (χ3v) is 5.81.